The third kappa shape index (κ3) is 3.40. The Morgan fingerprint density at radius 2 is 2.00 bits per heavy atom. The second-order valence-corrected chi connectivity index (χ2v) is 6.40. The van der Waals surface area contributed by atoms with E-state index >= 15 is 0 Å². The Hall–Kier alpha value is -1.62. The van der Waals surface area contributed by atoms with Gasteiger partial charge < -0.3 is 10.2 Å². The van der Waals surface area contributed by atoms with Gasteiger partial charge in [-0.25, -0.2) is 9.18 Å². The third-order valence-corrected chi connectivity index (χ3v) is 4.72. The molecule has 0 spiro atoms. The Balaban J connectivity index is 1.58. The van der Waals surface area contributed by atoms with Crippen molar-refractivity contribution in [3.63, 3.8) is 0 Å². The third-order valence-electron chi connectivity index (χ3n) is 4.72. The lowest BCUT2D eigenvalue weighted by atomic mass is 10.1. The first-order valence-electron chi connectivity index (χ1n) is 8.19. The molecule has 2 amide bonds. The van der Waals surface area contributed by atoms with E-state index in [2.05, 4.69) is 10.2 Å². The molecule has 5 heteroatoms. The minimum atomic E-state index is -0.384. The van der Waals surface area contributed by atoms with Crippen molar-refractivity contribution < 1.29 is 9.18 Å². The van der Waals surface area contributed by atoms with Gasteiger partial charge in [-0.05, 0) is 57.0 Å². The van der Waals surface area contributed by atoms with Crippen LogP contribution in [0.25, 0.3) is 0 Å². The number of aryl methyl sites for hydroxylation is 1. The van der Waals surface area contributed by atoms with Crippen LogP contribution in [0.3, 0.4) is 0 Å². The highest BCUT2D eigenvalue weighted by Gasteiger charge is 2.31. The zero-order chi connectivity index (χ0) is 15.5. The van der Waals surface area contributed by atoms with Crippen molar-refractivity contribution in [2.45, 2.75) is 38.6 Å². The van der Waals surface area contributed by atoms with Crippen LogP contribution in [-0.4, -0.2) is 48.1 Å². The van der Waals surface area contributed by atoms with E-state index in [1.54, 1.807) is 17.0 Å². The number of hydrogen-bond acceptors (Lipinski definition) is 2. The van der Waals surface area contributed by atoms with Gasteiger partial charge in [0.25, 0.3) is 0 Å². The predicted octanol–water partition coefficient (Wildman–Crippen LogP) is 3.23. The Morgan fingerprint density at radius 3 is 2.77 bits per heavy atom. The number of anilines is 1. The van der Waals surface area contributed by atoms with E-state index in [1.807, 2.05) is 6.92 Å². The highest BCUT2D eigenvalue weighted by atomic mass is 19.1. The van der Waals surface area contributed by atoms with Gasteiger partial charge in [0.15, 0.2) is 0 Å². The van der Waals surface area contributed by atoms with Crippen molar-refractivity contribution in [1.29, 1.82) is 0 Å². The SMILES string of the molecule is Cc1ccc(F)c(NC(=O)N2CCC(N3CCCCC3)C2)c1. The molecular formula is C17H24FN3O. The molecule has 0 aromatic heterocycles. The zero-order valence-electron chi connectivity index (χ0n) is 13.1. The Bertz CT molecular complexity index is 543. The van der Waals surface area contributed by atoms with Gasteiger partial charge in [0, 0.05) is 19.1 Å². The molecule has 2 fully saturated rings. The van der Waals surface area contributed by atoms with Crippen LogP contribution in [-0.2, 0) is 0 Å². The molecule has 0 bridgehead atoms. The molecule has 0 aliphatic carbocycles. The van der Waals surface area contributed by atoms with Gasteiger partial charge in [-0.1, -0.05) is 12.5 Å². The molecule has 0 radical (unpaired) electrons. The maximum Gasteiger partial charge on any atom is 0.321 e. The van der Waals surface area contributed by atoms with Gasteiger partial charge in [-0.2, -0.15) is 0 Å². The fourth-order valence-electron chi connectivity index (χ4n) is 3.44. The number of halogens is 1. The highest BCUT2D eigenvalue weighted by Crippen LogP contribution is 2.22. The molecule has 2 heterocycles. The average molecular weight is 305 g/mol. The van der Waals surface area contributed by atoms with Crippen LogP contribution in [0.4, 0.5) is 14.9 Å². The summed E-state index contributed by atoms with van der Waals surface area (Å²) in [6.45, 7) is 5.68. The number of carbonyl (C=O) groups is 1. The number of nitrogens with one attached hydrogen (secondary N) is 1. The van der Waals surface area contributed by atoms with Crippen LogP contribution in [0.2, 0.25) is 0 Å². The lowest BCUT2D eigenvalue weighted by Crippen LogP contribution is -2.42. The normalized spacial score (nSPS) is 22.8. The Labute approximate surface area is 131 Å². The number of nitrogens with zero attached hydrogens (tertiary/aromatic N) is 2. The molecule has 22 heavy (non-hydrogen) atoms. The van der Waals surface area contributed by atoms with Crippen LogP contribution in [0, 0.1) is 12.7 Å². The molecule has 1 unspecified atom stereocenters. The molecule has 1 aromatic carbocycles. The van der Waals surface area contributed by atoms with Crippen LogP contribution in [0.15, 0.2) is 18.2 Å². The predicted molar refractivity (Wildman–Crippen MR) is 85.6 cm³/mol. The lowest BCUT2D eigenvalue weighted by Gasteiger charge is -2.32. The minimum Gasteiger partial charge on any atom is -0.323 e. The number of piperidine rings is 1. The molecule has 120 valence electrons. The summed E-state index contributed by atoms with van der Waals surface area (Å²) in [6, 6.07) is 5.04. The van der Waals surface area contributed by atoms with Gasteiger partial charge >= 0.3 is 6.03 Å². The van der Waals surface area contributed by atoms with E-state index in [4.69, 9.17) is 0 Å². The molecule has 2 aliphatic heterocycles. The van der Waals surface area contributed by atoms with Gasteiger partial charge in [-0.15, -0.1) is 0 Å². The lowest BCUT2D eigenvalue weighted by molar-refractivity contribution is 0.163. The van der Waals surface area contributed by atoms with Crippen LogP contribution < -0.4 is 5.32 Å². The number of amides is 2. The quantitative estimate of drug-likeness (QED) is 0.910. The summed E-state index contributed by atoms with van der Waals surface area (Å²) >= 11 is 0. The molecule has 3 rings (SSSR count). The summed E-state index contributed by atoms with van der Waals surface area (Å²) in [6.07, 6.45) is 4.86. The maximum absolute atomic E-state index is 13.7. The number of hydrogen-bond donors (Lipinski definition) is 1. The van der Waals surface area contributed by atoms with Gasteiger partial charge in [0.05, 0.1) is 5.69 Å². The van der Waals surface area contributed by atoms with Crippen LogP contribution in [0.1, 0.15) is 31.2 Å². The molecule has 1 aromatic rings. The molecule has 1 N–H and O–H groups in total. The van der Waals surface area contributed by atoms with Crippen molar-refractivity contribution in [3.8, 4) is 0 Å². The Morgan fingerprint density at radius 1 is 1.23 bits per heavy atom. The van der Waals surface area contributed by atoms with Crippen molar-refractivity contribution in [2.75, 3.05) is 31.5 Å². The van der Waals surface area contributed by atoms with Crippen molar-refractivity contribution in [2.24, 2.45) is 0 Å². The maximum atomic E-state index is 13.7. The van der Waals surface area contributed by atoms with Crippen molar-refractivity contribution in [1.82, 2.24) is 9.80 Å². The second-order valence-electron chi connectivity index (χ2n) is 6.40. The van der Waals surface area contributed by atoms with E-state index in [1.165, 1.54) is 25.3 Å². The van der Waals surface area contributed by atoms with Crippen molar-refractivity contribution >= 4 is 11.7 Å². The van der Waals surface area contributed by atoms with E-state index in [0.29, 0.717) is 6.04 Å². The van der Waals surface area contributed by atoms with E-state index in [9.17, 15) is 9.18 Å². The first-order chi connectivity index (χ1) is 10.6. The summed E-state index contributed by atoms with van der Waals surface area (Å²) in [5.74, 6) is -0.384. The topological polar surface area (TPSA) is 35.6 Å². The van der Waals surface area contributed by atoms with Crippen LogP contribution >= 0.6 is 0 Å². The number of urea groups is 1. The summed E-state index contributed by atoms with van der Waals surface area (Å²) in [5, 5.41) is 2.71. The first-order valence-corrected chi connectivity index (χ1v) is 8.19. The summed E-state index contributed by atoms with van der Waals surface area (Å²) < 4.78 is 13.7. The van der Waals surface area contributed by atoms with E-state index in [-0.39, 0.29) is 17.5 Å². The number of benzene rings is 1. The number of rotatable bonds is 2. The smallest absolute Gasteiger partial charge is 0.321 e. The van der Waals surface area contributed by atoms with E-state index in [0.717, 1.165) is 38.2 Å². The molecule has 1 atom stereocenters. The summed E-state index contributed by atoms with van der Waals surface area (Å²) in [5.41, 5.74) is 1.20. The molecule has 2 aliphatic rings. The fourth-order valence-corrected chi connectivity index (χ4v) is 3.44. The van der Waals surface area contributed by atoms with Crippen molar-refractivity contribution in [3.05, 3.63) is 29.6 Å². The Kier molecular flexibility index (Phi) is 4.62. The fraction of sp³-hybridized carbons (Fsp3) is 0.588. The number of carbonyl (C=O) groups excluding carboxylic acids is 1. The average Bonchev–Trinajstić information content (AvgIpc) is 3.02. The summed E-state index contributed by atoms with van der Waals surface area (Å²) in [7, 11) is 0. The van der Waals surface area contributed by atoms with Crippen LogP contribution in [0.5, 0.6) is 0 Å². The van der Waals surface area contributed by atoms with Gasteiger partial charge in [0.2, 0.25) is 0 Å². The zero-order valence-corrected chi connectivity index (χ0v) is 13.1. The van der Waals surface area contributed by atoms with Gasteiger partial charge in [0.1, 0.15) is 5.82 Å². The highest BCUT2D eigenvalue weighted by molar-refractivity contribution is 5.89. The molecular weight excluding hydrogens is 281 g/mol. The monoisotopic (exact) mass is 305 g/mol. The minimum absolute atomic E-state index is 0.191. The number of likely N-dealkylation sites (tertiary alicyclic amines) is 2. The van der Waals surface area contributed by atoms with E-state index < -0.39 is 0 Å². The molecule has 4 nitrogen and oxygen atoms in total. The standard InChI is InChI=1S/C17H24FN3O/c1-13-5-6-15(18)16(11-13)19-17(22)21-10-7-14(12-21)20-8-3-2-4-9-20/h5-6,11,14H,2-4,7-10,12H2,1H3,(H,19,22). The molecule has 2 saturated heterocycles. The molecule has 0 saturated carbocycles. The van der Waals surface area contributed by atoms with Gasteiger partial charge in [-0.3, -0.25) is 4.90 Å². The largest absolute Gasteiger partial charge is 0.323 e. The second kappa shape index (κ2) is 6.65. The summed E-state index contributed by atoms with van der Waals surface area (Å²) in [4.78, 5) is 16.6. The first kappa shape index (κ1) is 15.3.